The minimum absolute atomic E-state index is 0.558. The summed E-state index contributed by atoms with van der Waals surface area (Å²) in [6.45, 7) is 36.0. The van der Waals surface area contributed by atoms with Crippen LogP contribution >= 0.6 is 0 Å². The molecular formula is C48H62. The molecule has 0 nitrogen and oxygen atoms in total. The van der Waals surface area contributed by atoms with Gasteiger partial charge in [-0.25, -0.2) is 0 Å². The maximum absolute atomic E-state index is 2.34. The summed E-state index contributed by atoms with van der Waals surface area (Å²) >= 11 is 0. The molecule has 48 heavy (non-hydrogen) atoms. The van der Waals surface area contributed by atoms with Gasteiger partial charge >= 0.3 is 0 Å². The summed E-state index contributed by atoms with van der Waals surface area (Å²) < 4.78 is 0. The molecule has 0 N–H and O–H groups in total. The lowest BCUT2D eigenvalue weighted by atomic mass is 9.86. The second kappa shape index (κ2) is 14.9. The predicted molar refractivity (Wildman–Crippen MR) is 214 cm³/mol. The van der Waals surface area contributed by atoms with Crippen LogP contribution in [-0.2, 0) is 0 Å². The lowest BCUT2D eigenvalue weighted by Crippen LogP contribution is -2.02. The van der Waals surface area contributed by atoms with Crippen LogP contribution in [-0.4, -0.2) is 0 Å². The Bertz CT molecular complexity index is 1810. The first-order valence-corrected chi connectivity index (χ1v) is 18.2. The van der Waals surface area contributed by atoms with Gasteiger partial charge in [0.15, 0.2) is 0 Å². The predicted octanol–water partition coefficient (Wildman–Crippen LogP) is 14.5. The highest BCUT2D eigenvalue weighted by atomic mass is 14.3. The molecule has 0 aliphatic heterocycles. The van der Waals surface area contributed by atoms with Gasteiger partial charge in [0, 0.05) is 11.8 Å². The van der Waals surface area contributed by atoms with Gasteiger partial charge in [0.1, 0.15) is 0 Å². The summed E-state index contributed by atoms with van der Waals surface area (Å²) in [4.78, 5) is 0. The molecule has 4 aliphatic carbocycles. The van der Waals surface area contributed by atoms with Crippen LogP contribution in [0.3, 0.4) is 0 Å². The van der Waals surface area contributed by atoms with Crippen molar-refractivity contribution in [3.63, 3.8) is 0 Å². The molecule has 0 spiro atoms. The second-order valence-corrected chi connectivity index (χ2v) is 15.1. The summed E-state index contributed by atoms with van der Waals surface area (Å²) in [6.07, 6.45) is 4.44. The van der Waals surface area contributed by atoms with Crippen molar-refractivity contribution in [3.8, 4) is 11.1 Å². The maximum Gasteiger partial charge on any atom is 0.00733 e. The van der Waals surface area contributed by atoms with Crippen molar-refractivity contribution in [2.45, 2.75) is 123 Å². The molecule has 3 aromatic rings. The van der Waals surface area contributed by atoms with E-state index in [1.165, 1.54) is 77.9 Å². The molecule has 0 bridgehead atoms. The van der Waals surface area contributed by atoms with Crippen LogP contribution in [0.4, 0.5) is 0 Å². The third-order valence-corrected chi connectivity index (χ3v) is 12.9. The largest absolute Gasteiger partial charge is 0.0774 e. The van der Waals surface area contributed by atoms with Gasteiger partial charge in [-0.1, -0.05) is 116 Å². The molecule has 254 valence electrons. The van der Waals surface area contributed by atoms with E-state index in [-0.39, 0.29) is 0 Å². The molecular weight excluding hydrogens is 577 g/mol. The average molecular weight is 639 g/mol. The Balaban J connectivity index is 0.000000149. The van der Waals surface area contributed by atoms with Crippen LogP contribution in [0.1, 0.15) is 139 Å². The number of fused-ring (bicyclic) bond motifs is 4. The Morgan fingerprint density at radius 2 is 0.854 bits per heavy atom. The van der Waals surface area contributed by atoms with Gasteiger partial charge in [-0.2, -0.15) is 0 Å². The molecule has 0 heteroatoms. The third kappa shape index (κ3) is 6.78. The van der Waals surface area contributed by atoms with E-state index >= 15 is 0 Å². The van der Waals surface area contributed by atoms with Gasteiger partial charge in [-0.15, -0.1) is 0 Å². The van der Waals surface area contributed by atoms with Crippen molar-refractivity contribution < 1.29 is 0 Å². The van der Waals surface area contributed by atoms with Crippen LogP contribution in [0.5, 0.6) is 0 Å². The molecule has 2 unspecified atom stereocenters. The Morgan fingerprint density at radius 1 is 0.417 bits per heavy atom. The van der Waals surface area contributed by atoms with E-state index in [0.29, 0.717) is 23.7 Å². The highest BCUT2D eigenvalue weighted by Crippen LogP contribution is 2.46. The monoisotopic (exact) mass is 638 g/mol. The van der Waals surface area contributed by atoms with Crippen molar-refractivity contribution >= 4 is 5.57 Å². The number of hydrogen-bond donors (Lipinski definition) is 0. The zero-order chi connectivity index (χ0) is 35.8. The van der Waals surface area contributed by atoms with Gasteiger partial charge in [-0.05, 0) is 167 Å². The Labute approximate surface area is 294 Å². The van der Waals surface area contributed by atoms with Crippen LogP contribution in [0.15, 0.2) is 99.7 Å². The molecule has 0 radical (unpaired) electrons. The van der Waals surface area contributed by atoms with Crippen LogP contribution in [0, 0.1) is 39.5 Å². The third-order valence-electron chi connectivity index (χ3n) is 12.9. The molecule has 7 rings (SSSR count). The summed E-state index contributed by atoms with van der Waals surface area (Å²) in [6, 6.07) is 17.4. The van der Waals surface area contributed by atoms with Crippen LogP contribution in [0.25, 0.3) is 16.7 Å². The van der Waals surface area contributed by atoms with E-state index in [1.807, 2.05) is 0 Å². The molecule has 4 aliphatic rings. The van der Waals surface area contributed by atoms with Crippen LogP contribution < -0.4 is 0 Å². The summed E-state index contributed by atoms with van der Waals surface area (Å²) in [7, 11) is 0. The van der Waals surface area contributed by atoms with E-state index in [1.54, 1.807) is 22.3 Å². The number of hydrogen-bond acceptors (Lipinski definition) is 0. The first-order valence-electron chi connectivity index (χ1n) is 18.2. The Morgan fingerprint density at radius 3 is 1.23 bits per heavy atom. The van der Waals surface area contributed by atoms with Crippen LogP contribution in [0.2, 0.25) is 0 Å². The molecule has 2 atom stereocenters. The minimum atomic E-state index is 0.558. The van der Waals surface area contributed by atoms with E-state index < -0.39 is 0 Å². The van der Waals surface area contributed by atoms with E-state index in [4.69, 9.17) is 0 Å². The lowest BCUT2D eigenvalue weighted by Gasteiger charge is -2.19. The first-order chi connectivity index (χ1) is 22.5. The van der Waals surface area contributed by atoms with Gasteiger partial charge in [-0.3, -0.25) is 0 Å². The van der Waals surface area contributed by atoms with Crippen molar-refractivity contribution in [2.24, 2.45) is 11.8 Å². The fourth-order valence-corrected chi connectivity index (χ4v) is 8.00. The van der Waals surface area contributed by atoms with Gasteiger partial charge < -0.3 is 0 Å². The summed E-state index contributed by atoms with van der Waals surface area (Å²) in [5.41, 5.74) is 26.9. The first kappa shape index (κ1) is 37.2. The lowest BCUT2D eigenvalue weighted by molar-refractivity contribution is 0.815. The molecule has 0 aromatic heterocycles. The molecule has 0 saturated heterocycles. The molecule has 0 fully saturated rings. The average Bonchev–Trinajstić information content (AvgIpc) is 3.69. The highest BCUT2D eigenvalue weighted by Gasteiger charge is 2.28. The standard InChI is InChI=1S/C16H22.C14H12.C10H16.C8H12/c1-8-9(2)12(5)16-14(7)10(3)13(6)15(16)11(8)4;1-10-11-6-2-4-8-13(11)14-9-5-3-7-12(10)14;1-6-7(2)9(4)10(5)8(6)3;1-6-4-5-7(2)8(6)3/h13H,1-7H3;2-10H,1H3;6H,1-5H3;4-6H,1-3H3. The van der Waals surface area contributed by atoms with Gasteiger partial charge in [0.25, 0.3) is 0 Å². The quantitative estimate of drug-likeness (QED) is 0.230. The summed E-state index contributed by atoms with van der Waals surface area (Å²) in [5, 5.41) is 0. The Hall–Kier alpha value is -3.64. The van der Waals surface area contributed by atoms with E-state index in [2.05, 4.69) is 171 Å². The molecule has 3 aromatic carbocycles. The topological polar surface area (TPSA) is 0 Å². The van der Waals surface area contributed by atoms with Gasteiger partial charge in [0.05, 0.1) is 0 Å². The molecule has 0 saturated carbocycles. The highest BCUT2D eigenvalue weighted by molar-refractivity contribution is 5.81. The Kier molecular flexibility index (Phi) is 11.5. The smallest absolute Gasteiger partial charge is 0.00733 e. The zero-order valence-corrected chi connectivity index (χ0v) is 33.1. The van der Waals surface area contributed by atoms with Crippen molar-refractivity contribution in [3.05, 3.63) is 144 Å². The van der Waals surface area contributed by atoms with Gasteiger partial charge in [0.2, 0.25) is 0 Å². The fourth-order valence-electron chi connectivity index (χ4n) is 8.00. The summed E-state index contributed by atoms with van der Waals surface area (Å²) in [5.74, 6) is 2.55. The fraction of sp³-hybridized carbons (Fsp3) is 0.417. The maximum atomic E-state index is 2.34. The number of benzene rings is 3. The SMILES string of the molecule is CC1=C(C)C(C)C(C)=C1C.CC1=C(C)C(C)C=C1.CC1=C(C)C(C)c2c(C)c(C)c(C)c(C)c21.CC1c2ccccc2-c2ccccc21. The number of allylic oxidation sites excluding steroid dienone is 10. The van der Waals surface area contributed by atoms with E-state index in [9.17, 15) is 0 Å². The van der Waals surface area contributed by atoms with Crippen molar-refractivity contribution in [2.75, 3.05) is 0 Å². The molecule has 0 heterocycles. The number of rotatable bonds is 0. The zero-order valence-electron chi connectivity index (χ0n) is 33.1. The molecule has 0 amide bonds. The minimum Gasteiger partial charge on any atom is -0.0774 e. The second-order valence-electron chi connectivity index (χ2n) is 15.1. The normalized spacial score (nSPS) is 19.5. The van der Waals surface area contributed by atoms with Crippen molar-refractivity contribution in [1.29, 1.82) is 0 Å². The van der Waals surface area contributed by atoms with E-state index in [0.717, 1.165) is 0 Å². The van der Waals surface area contributed by atoms with Crippen molar-refractivity contribution in [1.82, 2.24) is 0 Å².